The molecule has 0 radical (unpaired) electrons. The van der Waals surface area contributed by atoms with Gasteiger partial charge in [-0.3, -0.25) is 9.78 Å². The summed E-state index contributed by atoms with van der Waals surface area (Å²) in [7, 11) is 4.32. The molecule has 1 atom stereocenters. The molecule has 1 aromatic heterocycles. The number of aryl methyl sites for hydroxylation is 1. The predicted octanol–water partition coefficient (Wildman–Crippen LogP) is 7.25. The number of likely N-dealkylation sites (N-methyl/N-ethyl adjacent to an activating group) is 1. The zero-order valence-corrected chi connectivity index (χ0v) is 23.9. The van der Waals surface area contributed by atoms with Crippen LogP contribution in [0.2, 0.25) is 0 Å². The van der Waals surface area contributed by atoms with E-state index in [0.29, 0.717) is 24.1 Å². The van der Waals surface area contributed by atoms with Gasteiger partial charge in [-0.1, -0.05) is 84.5 Å². The van der Waals surface area contributed by atoms with Crippen molar-refractivity contribution in [2.45, 2.75) is 130 Å². The van der Waals surface area contributed by atoms with Crippen molar-refractivity contribution in [1.82, 2.24) is 4.98 Å². The van der Waals surface area contributed by atoms with E-state index in [4.69, 9.17) is 14.2 Å². The van der Waals surface area contributed by atoms with Gasteiger partial charge in [0.1, 0.15) is 25.4 Å². The number of unbranched alkanes of at least 4 members (excludes halogenated alkanes) is 10. The summed E-state index contributed by atoms with van der Waals surface area (Å²) in [6, 6.07) is 0. The summed E-state index contributed by atoms with van der Waals surface area (Å²) < 4.78 is 18.3. The lowest BCUT2D eigenvalue weighted by Gasteiger charge is -2.33. The lowest BCUT2D eigenvalue weighted by atomic mass is 10.1. The third-order valence-corrected chi connectivity index (χ3v) is 7.13. The van der Waals surface area contributed by atoms with E-state index in [1.807, 2.05) is 13.1 Å². The van der Waals surface area contributed by atoms with Gasteiger partial charge in [0, 0.05) is 30.2 Å². The first-order valence-corrected chi connectivity index (χ1v) is 14.6. The van der Waals surface area contributed by atoms with Crippen LogP contribution in [0.4, 0.5) is 0 Å². The highest BCUT2D eigenvalue weighted by atomic mass is 16.7. The Morgan fingerprint density at radius 2 is 1.64 bits per heavy atom. The van der Waals surface area contributed by atoms with Crippen LogP contribution >= 0.6 is 0 Å². The van der Waals surface area contributed by atoms with Crippen molar-refractivity contribution in [2.24, 2.45) is 0 Å². The molecule has 1 unspecified atom stereocenters. The second-order valence-corrected chi connectivity index (χ2v) is 11.1. The monoisotopic (exact) mass is 505 g/mol. The van der Waals surface area contributed by atoms with E-state index in [2.05, 4.69) is 32.9 Å². The van der Waals surface area contributed by atoms with Gasteiger partial charge in [-0.2, -0.15) is 0 Å². The van der Waals surface area contributed by atoms with Crippen LogP contribution in [0, 0.1) is 6.92 Å². The molecule has 6 nitrogen and oxygen atoms in total. The Hall–Kier alpha value is -1.66. The molecule has 0 bridgehead atoms. The fourth-order valence-corrected chi connectivity index (χ4v) is 4.80. The Kier molecular flexibility index (Phi) is 14.4. The van der Waals surface area contributed by atoms with Crippen LogP contribution in [0.5, 0.6) is 5.75 Å². The van der Waals surface area contributed by atoms with Crippen molar-refractivity contribution in [3.8, 4) is 5.75 Å². The first kappa shape index (κ1) is 30.6. The van der Waals surface area contributed by atoms with Crippen molar-refractivity contribution in [3.05, 3.63) is 23.0 Å². The maximum atomic E-state index is 12.2. The van der Waals surface area contributed by atoms with Crippen molar-refractivity contribution in [3.63, 3.8) is 0 Å². The number of hydrogen-bond acceptors (Lipinski definition) is 5. The average Bonchev–Trinajstić information content (AvgIpc) is 2.84. The minimum atomic E-state index is -0.180. The lowest BCUT2D eigenvalue weighted by Crippen LogP contribution is -2.42. The Morgan fingerprint density at radius 1 is 1.00 bits per heavy atom. The van der Waals surface area contributed by atoms with E-state index in [0.717, 1.165) is 61.3 Å². The average molecular weight is 506 g/mol. The number of carbonyl (C=O) groups excluding carboxylic acids is 1. The number of ether oxygens (including phenoxy) is 3. The smallest absolute Gasteiger partial charge is 0.305 e. The normalized spacial score (nSPS) is 15.4. The van der Waals surface area contributed by atoms with Gasteiger partial charge in [-0.15, -0.1) is 0 Å². The number of esters is 1. The standard InChI is InChI=1S/C30H53N2O4/c1-6-8-9-10-11-12-13-14-15-16-17-19-28(33)34-21-20-32(4,5)23-26-22-31-25(3)30-27(26)24-35-29(36-30)18-7-2/h22,29H,6-21,23-24H2,1-5H3/q+1. The zero-order valence-electron chi connectivity index (χ0n) is 23.9. The number of rotatable bonds is 19. The fourth-order valence-electron chi connectivity index (χ4n) is 4.80. The summed E-state index contributed by atoms with van der Waals surface area (Å²) in [5.41, 5.74) is 3.16. The van der Waals surface area contributed by atoms with Crippen molar-refractivity contribution >= 4 is 5.97 Å². The van der Waals surface area contributed by atoms with Gasteiger partial charge in [0.05, 0.1) is 26.4 Å². The van der Waals surface area contributed by atoms with Gasteiger partial charge in [-0.05, 0) is 13.3 Å². The first-order valence-electron chi connectivity index (χ1n) is 14.6. The molecule has 0 spiro atoms. The minimum Gasteiger partial charge on any atom is -0.463 e. The van der Waals surface area contributed by atoms with E-state index in [9.17, 15) is 4.79 Å². The molecule has 6 heteroatoms. The molecule has 206 valence electrons. The topological polar surface area (TPSA) is 57.7 Å². The lowest BCUT2D eigenvalue weighted by molar-refractivity contribution is -0.903. The molecule has 0 saturated carbocycles. The van der Waals surface area contributed by atoms with E-state index in [-0.39, 0.29) is 12.3 Å². The number of carbonyl (C=O) groups is 1. The molecular formula is C30H53N2O4+. The number of fused-ring (bicyclic) bond motifs is 1. The quantitative estimate of drug-likeness (QED) is 0.113. The largest absolute Gasteiger partial charge is 0.463 e. The Morgan fingerprint density at radius 3 is 2.28 bits per heavy atom. The molecule has 2 rings (SSSR count). The van der Waals surface area contributed by atoms with Gasteiger partial charge < -0.3 is 18.7 Å². The molecule has 1 aliphatic heterocycles. The second kappa shape index (κ2) is 17.0. The van der Waals surface area contributed by atoms with Crippen LogP contribution in [-0.2, 0) is 27.4 Å². The highest BCUT2D eigenvalue weighted by molar-refractivity contribution is 5.69. The van der Waals surface area contributed by atoms with Crippen molar-refractivity contribution in [1.29, 1.82) is 0 Å². The van der Waals surface area contributed by atoms with Gasteiger partial charge in [0.25, 0.3) is 0 Å². The van der Waals surface area contributed by atoms with Gasteiger partial charge >= 0.3 is 5.97 Å². The second-order valence-electron chi connectivity index (χ2n) is 11.1. The summed E-state index contributed by atoms with van der Waals surface area (Å²) in [6.45, 7) is 8.94. The Labute approximate surface area is 220 Å². The molecule has 0 aliphatic carbocycles. The van der Waals surface area contributed by atoms with E-state index >= 15 is 0 Å². The molecule has 2 heterocycles. The van der Waals surface area contributed by atoms with Crippen molar-refractivity contribution in [2.75, 3.05) is 27.2 Å². The highest BCUT2D eigenvalue weighted by Crippen LogP contribution is 2.33. The molecule has 0 fully saturated rings. The summed E-state index contributed by atoms with van der Waals surface area (Å²) in [6.07, 6.45) is 18.3. The summed E-state index contributed by atoms with van der Waals surface area (Å²) in [5, 5.41) is 0. The maximum Gasteiger partial charge on any atom is 0.305 e. The SMILES string of the molecule is CCCCCCCCCCCCCC(=O)OCC[N+](C)(C)Cc1cnc(C)c2c1COC(CCC)O2. The van der Waals surface area contributed by atoms with Gasteiger partial charge in [0.15, 0.2) is 6.29 Å². The first-order chi connectivity index (χ1) is 17.4. The molecule has 0 N–H and O–H groups in total. The van der Waals surface area contributed by atoms with Crippen LogP contribution in [0.1, 0.15) is 121 Å². The van der Waals surface area contributed by atoms with E-state index in [1.54, 1.807) is 0 Å². The van der Waals surface area contributed by atoms with Crippen LogP contribution < -0.4 is 4.74 Å². The van der Waals surface area contributed by atoms with Crippen molar-refractivity contribution < 1.29 is 23.5 Å². The van der Waals surface area contributed by atoms with Gasteiger partial charge in [0.2, 0.25) is 0 Å². The number of pyridine rings is 1. The maximum absolute atomic E-state index is 12.2. The number of aromatic nitrogens is 1. The molecule has 1 aliphatic rings. The Bertz CT molecular complexity index is 766. The van der Waals surface area contributed by atoms with Gasteiger partial charge in [-0.25, -0.2) is 0 Å². The number of nitrogens with zero attached hydrogens (tertiary/aromatic N) is 2. The Balaban J connectivity index is 1.62. The summed E-state index contributed by atoms with van der Waals surface area (Å²) in [4.78, 5) is 16.8. The zero-order chi connectivity index (χ0) is 26.2. The third kappa shape index (κ3) is 11.6. The third-order valence-electron chi connectivity index (χ3n) is 7.13. The molecule has 36 heavy (non-hydrogen) atoms. The molecule has 0 aromatic carbocycles. The van der Waals surface area contributed by atoms with E-state index in [1.165, 1.54) is 57.8 Å². The predicted molar refractivity (Wildman–Crippen MR) is 146 cm³/mol. The van der Waals surface area contributed by atoms with Crippen LogP contribution in [-0.4, -0.2) is 49.0 Å². The molecule has 1 aromatic rings. The van der Waals surface area contributed by atoms with Crippen LogP contribution in [0.15, 0.2) is 6.20 Å². The molecule has 0 saturated heterocycles. The summed E-state index contributed by atoms with van der Waals surface area (Å²) >= 11 is 0. The summed E-state index contributed by atoms with van der Waals surface area (Å²) in [5.74, 6) is 0.819. The molecule has 0 amide bonds. The number of hydrogen-bond donors (Lipinski definition) is 0. The van der Waals surface area contributed by atoms with Crippen LogP contribution in [0.25, 0.3) is 0 Å². The fraction of sp³-hybridized carbons (Fsp3) is 0.800. The molecular weight excluding hydrogens is 452 g/mol. The highest BCUT2D eigenvalue weighted by Gasteiger charge is 2.27. The van der Waals surface area contributed by atoms with Crippen LogP contribution in [0.3, 0.4) is 0 Å². The van der Waals surface area contributed by atoms with E-state index < -0.39 is 0 Å². The minimum absolute atomic E-state index is 0.0657. The number of quaternary nitrogens is 1.